The van der Waals surface area contributed by atoms with Crippen molar-refractivity contribution in [3.63, 3.8) is 0 Å². The van der Waals surface area contributed by atoms with Crippen LogP contribution in [-0.2, 0) is 20.8 Å². The Bertz CT molecular complexity index is 577. The fraction of sp³-hybridized carbons (Fsp3) is 0.933. The number of hydrogen-bond donors (Lipinski definition) is 0. The summed E-state index contributed by atoms with van der Waals surface area (Å²) < 4.78 is 0. The predicted octanol–water partition coefficient (Wildman–Crippen LogP) is 11.0. The molecule has 34 heavy (non-hydrogen) atoms. The summed E-state index contributed by atoms with van der Waals surface area (Å²) in [5.74, 6) is 9.21. The van der Waals surface area contributed by atoms with E-state index in [1.165, 1.54) is 22.9 Å². The van der Waals surface area contributed by atoms with E-state index in [-0.39, 0.29) is 14.9 Å². The average molecular weight is 605 g/mol. The number of hydrogen-bond acceptors (Lipinski definition) is 0. The zero-order valence-electron chi connectivity index (χ0n) is 22.8. The summed E-state index contributed by atoms with van der Waals surface area (Å²) in [6.45, 7) is 5.82. The molecule has 0 nitrogen and oxygen atoms in total. The van der Waals surface area contributed by atoms with Crippen LogP contribution in [0.15, 0.2) is 0 Å². The summed E-state index contributed by atoms with van der Waals surface area (Å²) in [5, 5.41) is 0. The Kier molecular flexibility index (Phi) is 11.7. The summed E-state index contributed by atoms with van der Waals surface area (Å²) in [7, 11) is 8.70. The summed E-state index contributed by atoms with van der Waals surface area (Å²) in [4.78, 5) is 0. The van der Waals surface area contributed by atoms with Gasteiger partial charge in [-0.25, -0.2) is 0 Å². The quantitative estimate of drug-likeness (QED) is 0.217. The Hall–Kier alpha value is 1.68. The molecule has 0 saturated heterocycles. The molecule has 0 N–H and O–H groups in total. The van der Waals surface area contributed by atoms with Gasteiger partial charge in [-0.1, -0.05) is 90.1 Å². The molecule has 6 aliphatic carbocycles. The van der Waals surface area contributed by atoms with Crippen molar-refractivity contribution in [2.24, 2.45) is 47.3 Å². The van der Waals surface area contributed by atoms with Gasteiger partial charge in [0.15, 0.2) is 0 Å². The molecule has 6 rings (SSSR count). The minimum atomic E-state index is -1.17. The molecule has 0 bridgehead atoms. The first-order chi connectivity index (χ1) is 15.5. The first-order valence-electron chi connectivity index (χ1n) is 14.5. The van der Waals surface area contributed by atoms with Gasteiger partial charge in [-0.2, -0.15) is 0 Å². The fourth-order valence-corrected chi connectivity index (χ4v) is 16.4. The molecular formula is C30H54Cl2SiZr. The summed E-state index contributed by atoms with van der Waals surface area (Å²) in [6, 6.07) is 0. The van der Waals surface area contributed by atoms with Crippen LogP contribution >= 0.6 is 17.0 Å². The van der Waals surface area contributed by atoms with Crippen LogP contribution in [0.4, 0.5) is 0 Å². The monoisotopic (exact) mass is 602 g/mol. The molecule has 0 aromatic carbocycles. The Morgan fingerprint density at radius 1 is 0.500 bits per heavy atom. The molecule has 0 aromatic rings. The SMILES string of the molecule is C[Si](C)(C1CCC2CC3CCCCC3CC21)C1CCC2CC3CCCCC3CC21.[CH3-].[CH3-].[Cl][Zr+2][Cl]. The van der Waals surface area contributed by atoms with Crippen LogP contribution in [0, 0.1) is 62.2 Å². The van der Waals surface area contributed by atoms with Crippen molar-refractivity contribution in [3.05, 3.63) is 14.9 Å². The second kappa shape index (κ2) is 13.2. The molecule has 6 aliphatic rings. The molecule has 0 spiro atoms. The maximum absolute atomic E-state index is 4.93. The van der Waals surface area contributed by atoms with Gasteiger partial charge in [0.25, 0.3) is 0 Å². The first-order valence-corrected chi connectivity index (χ1v) is 24.0. The summed E-state index contributed by atoms with van der Waals surface area (Å²) >= 11 is -0.826. The van der Waals surface area contributed by atoms with E-state index in [1.54, 1.807) is 103 Å². The molecule has 4 heteroatoms. The molecule has 0 aliphatic heterocycles. The van der Waals surface area contributed by atoms with Gasteiger partial charge >= 0.3 is 37.9 Å². The normalized spacial score (nSPS) is 44.9. The summed E-state index contributed by atoms with van der Waals surface area (Å²) in [5.41, 5.74) is 2.39. The Labute approximate surface area is 233 Å². The predicted molar refractivity (Wildman–Crippen MR) is 151 cm³/mol. The van der Waals surface area contributed by atoms with Gasteiger partial charge in [-0.05, 0) is 84.1 Å². The molecule has 0 aromatic heterocycles. The van der Waals surface area contributed by atoms with Crippen LogP contribution in [0.25, 0.3) is 0 Å². The van der Waals surface area contributed by atoms with E-state index < -0.39 is 28.9 Å². The van der Waals surface area contributed by atoms with Crippen molar-refractivity contribution in [1.82, 2.24) is 0 Å². The van der Waals surface area contributed by atoms with E-state index in [4.69, 9.17) is 17.0 Å². The van der Waals surface area contributed by atoms with Gasteiger partial charge in [-0.3, -0.25) is 0 Å². The minimum absolute atomic E-state index is 0. The molecule has 196 valence electrons. The topological polar surface area (TPSA) is 0 Å². The van der Waals surface area contributed by atoms with Gasteiger partial charge < -0.3 is 14.9 Å². The van der Waals surface area contributed by atoms with Gasteiger partial charge in [-0.15, -0.1) is 0 Å². The fourth-order valence-electron chi connectivity index (χ4n) is 11.0. The Balaban J connectivity index is 0.000000618. The van der Waals surface area contributed by atoms with Crippen molar-refractivity contribution in [3.8, 4) is 0 Å². The maximum atomic E-state index is 4.93. The second-order valence-electron chi connectivity index (χ2n) is 13.7. The Morgan fingerprint density at radius 3 is 1.18 bits per heavy atom. The average Bonchev–Trinajstić information content (AvgIpc) is 3.40. The molecule has 10 atom stereocenters. The van der Waals surface area contributed by atoms with E-state index in [1.807, 2.05) is 0 Å². The van der Waals surface area contributed by atoms with E-state index in [2.05, 4.69) is 13.1 Å². The standard InChI is InChI=1S/C28H48Si.2CH3.2ClH.Zr/c1-29(2,27-13-11-23-15-19-7-3-5-9-21(19)17-25(23)27)28-14-12-24-16-20-8-4-6-10-22(20)18-26(24)28;;;;;/h19-28H,3-18H2,1-2H3;2*1H3;2*1H;/q;2*-1;;;+4/p-2. The molecule has 6 fully saturated rings. The van der Waals surface area contributed by atoms with Gasteiger partial charge in [0.05, 0.1) is 8.07 Å². The van der Waals surface area contributed by atoms with Crippen LogP contribution in [0.3, 0.4) is 0 Å². The zero-order valence-corrected chi connectivity index (χ0v) is 27.8. The molecular weight excluding hydrogens is 551 g/mol. The van der Waals surface area contributed by atoms with Gasteiger partial charge in [0.1, 0.15) is 0 Å². The van der Waals surface area contributed by atoms with Gasteiger partial charge in [0, 0.05) is 0 Å². The third-order valence-corrected chi connectivity index (χ3v) is 17.6. The van der Waals surface area contributed by atoms with E-state index >= 15 is 0 Å². The number of halogens is 2. The second-order valence-corrected chi connectivity index (χ2v) is 22.5. The third kappa shape index (κ3) is 5.96. The van der Waals surface area contributed by atoms with Crippen LogP contribution in [0.5, 0.6) is 0 Å². The van der Waals surface area contributed by atoms with Crippen molar-refractivity contribution in [1.29, 1.82) is 0 Å². The van der Waals surface area contributed by atoms with E-state index in [0.29, 0.717) is 0 Å². The first kappa shape index (κ1) is 30.2. The zero-order chi connectivity index (χ0) is 22.3. The van der Waals surface area contributed by atoms with Crippen LogP contribution < -0.4 is 0 Å². The molecule has 0 amide bonds. The Morgan fingerprint density at radius 2 is 0.824 bits per heavy atom. The molecule has 0 radical (unpaired) electrons. The van der Waals surface area contributed by atoms with Crippen molar-refractivity contribution in [2.75, 3.05) is 0 Å². The van der Waals surface area contributed by atoms with Crippen molar-refractivity contribution < 1.29 is 20.8 Å². The van der Waals surface area contributed by atoms with E-state index in [9.17, 15) is 0 Å². The molecule has 0 heterocycles. The number of fused-ring (bicyclic) bond motifs is 4. The number of rotatable bonds is 2. The van der Waals surface area contributed by atoms with Gasteiger partial charge in [0.2, 0.25) is 0 Å². The third-order valence-electron chi connectivity index (χ3n) is 12.3. The summed E-state index contributed by atoms with van der Waals surface area (Å²) in [6.07, 6.45) is 25.8. The van der Waals surface area contributed by atoms with Crippen LogP contribution in [0.2, 0.25) is 24.2 Å². The van der Waals surface area contributed by atoms with E-state index in [0.717, 1.165) is 35.5 Å². The van der Waals surface area contributed by atoms with Crippen molar-refractivity contribution >= 4 is 25.1 Å². The molecule has 6 saturated carbocycles. The van der Waals surface area contributed by atoms with Crippen LogP contribution in [-0.4, -0.2) is 8.07 Å². The van der Waals surface area contributed by atoms with Crippen LogP contribution in [0.1, 0.15) is 103 Å². The van der Waals surface area contributed by atoms with Crippen molar-refractivity contribution in [2.45, 2.75) is 127 Å². The molecule has 10 unspecified atom stereocenters.